The first-order valence-corrected chi connectivity index (χ1v) is 4.54. The van der Waals surface area contributed by atoms with Crippen molar-refractivity contribution in [3.63, 3.8) is 0 Å². The van der Waals surface area contributed by atoms with Crippen LogP contribution in [0.1, 0.15) is 39.5 Å². The van der Waals surface area contributed by atoms with Crippen LogP contribution in [0.25, 0.3) is 0 Å². The SMILES string of the molecule is CCCC(CCC)ON(C)C. The van der Waals surface area contributed by atoms with E-state index in [1.165, 1.54) is 25.7 Å². The number of rotatable bonds is 6. The average molecular weight is 159 g/mol. The molecule has 0 atom stereocenters. The van der Waals surface area contributed by atoms with Crippen molar-refractivity contribution in [2.75, 3.05) is 14.1 Å². The van der Waals surface area contributed by atoms with E-state index in [9.17, 15) is 0 Å². The number of hydroxylamine groups is 2. The second kappa shape index (κ2) is 6.62. The molecule has 0 heterocycles. The van der Waals surface area contributed by atoms with Crippen molar-refractivity contribution in [3.05, 3.63) is 0 Å². The van der Waals surface area contributed by atoms with Crippen molar-refractivity contribution in [1.29, 1.82) is 0 Å². The summed E-state index contributed by atoms with van der Waals surface area (Å²) >= 11 is 0. The van der Waals surface area contributed by atoms with E-state index in [1.54, 1.807) is 5.06 Å². The molecule has 0 aromatic rings. The lowest BCUT2D eigenvalue weighted by Crippen LogP contribution is -2.22. The van der Waals surface area contributed by atoms with Gasteiger partial charge in [-0.3, -0.25) is 4.84 Å². The maximum absolute atomic E-state index is 5.56. The molecule has 0 aliphatic carbocycles. The standard InChI is InChI=1S/C9H21NO/c1-5-7-9(8-6-2)11-10(3)4/h9H,5-8H2,1-4H3. The Kier molecular flexibility index (Phi) is 6.57. The molecular weight excluding hydrogens is 138 g/mol. The van der Waals surface area contributed by atoms with Gasteiger partial charge in [-0.1, -0.05) is 26.7 Å². The van der Waals surface area contributed by atoms with Crippen LogP contribution >= 0.6 is 0 Å². The number of nitrogens with zero attached hydrogens (tertiary/aromatic N) is 1. The van der Waals surface area contributed by atoms with E-state index in [-0.39, 0.29) is 0 Å². The molecule has 0 saturated carbocycles. The van der Waals surface area contributed by atoms with Crippen LogP contribution in [0, 0.1) is 0 Å². The molecule has 0 radical (unpaired) electrons. The summed E-state index contributed by atoms with van der Waals surface area (Å²) in [5.41, 5.74) is 0. The Morgan fingerprint density at radius 2 is 1.55 bits per heavy atom. The van der Waals surface area contributed by atoms with Crippen molar-refractivity contribution in [1.82, 2.24) is 5.06 Å². The molecule has 2 nitrogen and oxygen atoms in total. The van der Waals surface area contributed by atoms with Crippen molar-refractivity contribution < 1.29 is 4.84 Å². The lowest BCUT2D eigenvalue weighted by atomic mass is 10.1. The second-order valence-electron chi connectivity index (χ2n) is 3.12. The molecule has 0 saturated heterocycles. The van der Waals surface area contributed by atoms with Crippen molar-refractivity contribution in [3.8, 4) is 0 Å². The van der Waals surface area contributed by atoms with Crippen LogP contribution in [0.3, 0.4) is 0 Å². The molecule has 0 bridgehead atoms. The molecule has 0 aliphatic heterocycles. The van der Waals surface area contributed by atoms with Gasteiger partial charge in [0.25, 0.3) is 0 Å². The Hall–Kier alpha value is -0.0800. The minimum Gasteiger partial charge on any atom is -0.296 e. The Morgan fingerprint density at radius 3 is 1.82 bits per heavy atom. The van der Waals surface area contributed by atoms with Gasteiger partial charge in [-0.25, -0.2) is 0 Å². The van der Waals surface area contributed by atoms with Gasteiger partial charge in [0.15, 0.2) is 0 Å². The Morgan fingerprint density at radius 1 is 1.09 bits per heavy atom. The Bertz CT molecular complexity index is 77.6. The number of hydrogen-bond acceptors (Lipinski definition) is 2. The van der Waals surface area contributed by atoms with E-state index in [0.29, 0.717) is 6.10 Å². The van der Waals surface area contributed by atoms with Crippen LogP contribution in [0.15, 0.2) is 0 Å². The molecule has 0 aromatic heterocycles. The van der Waals surface area contributed by atoms with Gasteiger partial charge in [-0.05, 0) is 12.8 Å². The van der Waals surface area contributed by atoms with Gasteiger partial charge in [-0.15, -0.1) is 0 Å². The predicted octanol–water partition coefficient (Wildman–Crippen LogP) is 2.45. The van der Waals surface area contributed by atoms with Crippen LogP contribution < -0.4 is 0 Å². The van der Waals surface area contributed by atoms with Gasteiger partial charge in [-0.2, -0.15) is 5.06 Å². The summed E-state index contributed by atoms with van der Waals surface area (Å²) in [6, 6.07) is 0. The van der Waals surface area contributed by atoms with E-state index < -0.39 is 0 Å². The average Bonchev–Trinajstić information content (AvgIpc) is 1.87. The van der Waals surface area contributed by atoms with E-state index in [4.69, 9.17) is 4.84 Å². The first kappa shape index (κ1) is 10.9. The summed E-state index contributed by atoms with van der Waals surface area (Å²) in [5, 5.41) is 1.80. The lowest BCUT2D eigenvalue weighted by molar-refractivity contribution is -0.168. The minimum atomic E-state index is 0.431. The van der Waals surface area contributed by atoms with Crippen LogP contribution in [0.4, 0.5) is 0 Å². The summed E-state index contributed by atoms with van der Waals surface area (Å²) in [6.07, 6.45) is 5.19. The van der Waals surface area contributed by atoms with Crippen molar-refractivity contribution in [2.45, 2.75) is 45.6 Å². The minimum absolute atomic E-state index is 0.431. The zero-order valence-electron chi connectivity index (χ0n) is 8.26. The van der Waals surface area contributed by atoms with Crippen LogP contribution in [0.2, 0.25) is 0 Å². The van der Waals surface area contributed by atoms with Crippen LogP contribution in [-0.4, -0.2) is 25.3 Å². The third-order valence-electron chi connectivity index (χ3n) is 1.58. The van der Waals surface area contributed by atoms with Crippen LogP contribution in [-0.2, 0) is 4.84 Å². The highest BCUT2D eigenvalue weighted by molar-refractivity contribution is 4.54. The van der Waals surface area contributed by atoms with Gasteiger partial charge in [0.1, 0.15) is 0 Å². The van der Waals surface area contributed by atoms with Crippen molar-refractivity contribution >= 4 is 0 Å². The molecule has 0 aromatic carbocycles. The molecule has 2 heteroatoms. The topological polar surface area (TPSA) is 12.5 Å². The molecule has 0 fully saturated rings. The molecule has 11 heavy (non-hydrogen) atoms. The van der Waals surface area contributed by atoms with Gasteiger partial charge in [0.05, 0.1) is 6.10 Å². The third kappa shape index (κ3) is 6.32. The highest BCUT2D eigenvalue weighted by atomic mass is 16.7. The molecular formula is C9H21NO. The first-order valence-electron chi connectivity index (χ1n) is 4.54. The fourth-order valence-corrected chi connectivity index (χ4v) is 1.19. The van der Waals surface area contributed by atoms with E-state index in [1.807, 2.05) is 14.1 Å². The summed E-state index contributed by atoms with van der Waals surface area (Å²) in [4.78, 5) is 5.56. The smallest absolute Gasteiger partial charge is 0.0792 e. The summed E-state index contributed by atoms with van der Waals surface area (Å²) in [6.45, 7) is 4.39. The largest absolute Gasteiger partial charge is 0.296 e. The lowest BCUT2D eigenvalue weighted by Gasteiger charge is -2.20. The van der Waals surface area contributed by atoms with E-state index >= 15 is 0 Å². The quantitative estimate of drug-likeness (QED) is 0.552. The van der Waals surface area contributed by atoms with Gasteiger partial charge >= 0.3 is 0 Å². The Balaban J connectivity index is 3.50. The Labute approximate surface area is 70.5 Å². The van der Waals surface area contributed by atoms with Gasteiger partial charge in [0.2, 0.25) is 0 Å². The highest BCUT2D eigenvalue weighted by Gasteiger charge is 2.07. The number of hydrogen-bond donors (Lipinski definition) is 0. The maximum Gasteiger partial charge on any atom is 0.0792 e. The molecule has 0 unspecified atom stereocenters. The molecule has 0 amide bonds. The summed E-state index contributed by atoms with van der Waals surface area (Å²) in [7, 11) is 3.89. The zero-order chi connectivity index (χ0) is 8.69. The third-order valence-corrected chi connectivity index (χ3v) is 1.58. The van der Waals surface area contributed by atoms with Crippen LogP contribution in [0.5, 0.6) is 0 Å². The van der Waals surface area contributed by atoms with E-state index in [0.717, 1.165) is 0 Å². The fourth-order valence-electron chi connectivity index (χ4n) is 1.19. The zero-order valence-corrected chi connectivity index (χ0v) is 8.26. The molecule has 68 valence electrons. The highest BCUT2D eigenvalue weighted by Crippen LogP contribution is 2.09. The second-order valence-corrected chi connectivity index (χ2v) is 3.12. The molecule has 0 rings (SSSR count). The summed E-state index contributed by atoms with van der Waals surface area (Å²) in [5.74, 6) is 0. The maximum atomic E-state index is 5.56. The van der Waals surface area contributed by atoms with Gasteiger partial charge in [0, 0.05) is 14.1 Å². The normalized spacial score (nSPS) is 11.5. The van der Waals surface area contributed by atoms with Gasteiger partial charge < -0.3 is 0 Å². The van der Waals surface area contributed by atoms with E-state index in [2.05, 4.69) is 13.8 Å². The first-order chi connectivity index (χ1) is 5.20. The molecule has 0 N–H and O–H groups in total. The van der Waals surface area contributed by atoms with Crippen molar-refractivity contribution in [2.24, 2.45) is 0 Å². The molecule has 0 aliphatic rings. The monoisotopic (exact) mass is 159 g/mol. The fraction of sp³-hybridized carbons (Fsp3) is 1.00. The predicted molar refractivity (Wildman–Crippen MR) is 48.4 cm³/mol. The molecule has 0 spiro atoms. The summed E-state index contributed by atoms with van der Waals surface area (Å²) < 4.78 is 0.